The van der Waals surface area contributed by atoms with E-state index in [0.29, 0.717) is 12.0 Å². The van der Waals surface area contributed by atoms with Crippen molar-refractivity contribution >= 4 is 11.9 Å². The lowest BCUT2D eigenvalue weighted by atomic mass is 9.55. The van der Waals surface area contributed by atoms with Gasteiger partial charge in [-0.1, -0.05) is 20.1 Å². The van der Waals surface area contributed by atoms with E-state index in [-0.39, 0.29) is 41.1 Å². The number of hydrogen-bond acceptors (Lipinski definition) is 6. The number of esters is 2. The van der Waals surface area contributed by atoms with Gasteiger partial charge in [-0.3, -0.25) is 4.98 Å². The second kappa shape index (κ2) is 6.04. The van der Waals surface area contributed by atoms with Crippen LogP contribution < -0.4 is 0 Å². The van der Waals surface area contributed by atoms with Gasteiger partial charge >= 0.3 is 11.9 Å². The fourth-order valence-electron chi connectivity index (χ4n) is 4.76. The van der Waals surface area contributed by atoms with Crippen molar-refractivity contribution in [2.45, 2.75) is 44.8 Å². The first-order chi connectivity index (χ1) is 12.4. The van der Waals surface area contributed by atoms with Crippen molar-refractivity contribution in [3.05, 3.63) is 48.6 Å². The minimum absolute atomic E-state index is 0.00138. The van der Waals surface area contributed by atoms with Crippen molar-refractivity contribution in [3.8, 4) is 0 Å². The Kier molecular flexibility index (Phi) is 3.93. The molecule has 26 heavy (non-hydrogen) atoms. The minimum atomic E-state index is -0.481. The molecule has 4 rings (SSSR count). The average molecular weight is 354 g/mol. The third kappa shape index (κ3) is 2.64. The molecule has 5 atom stereocenters. The van der Waals surface area contributed by atoms with Crippen LogP contribution in [0.5, 0.6) is 0 Å². The quantitative estimate of drug-likeness (QED) is 0.462. The summed E-state index contributed by atoms with van der Waals surface area (Å²) in [5, 5.41) is 0. The maximum atomic E-state index is 12.3. The number of aromatic nitrogens is 2. The predicted molar refractivity (Wildman–Crippen MR) is 93.0 cm³/mol. The Balaban J connectivity index is 1.51. The first-order valence-electron chi connectivity index (χ1n) is 8.94. The van der Waals surface area contributed by atoms with Crippen LogP contribution in [0.15, 0.2) is 42.9 Å². The zero-order chi connectivity index (χ0) is 18.5. The number of fused-ring (bicyclic) bond motifs is 2. The molecule has 136 valence electrons. The molecule has 0 aromatic carbocycles. The molecule has 0 radical (unpaired) electrons. The lowest BCUT2D eigenvalue weighted by molar-refractivity contribution is -0.142. The molecule has 2 aliphatic carbocycles. The lowest BCUT2D eigenvalue weighted by Crippen LogP contribution is -2.47. The highest BCUT2D eigenvalue weighted by atomic mass is 16.6. The van der Waals surface area contributed by atoms with Crippen molar-refractivity contribution in [1.29, 1.82) is 0 Å². The van der Waals surface area contributed by atoms with Crippen molar-refractivity contribution in [1.82, 2.24) is 9.97 Å². The van der Waals surface area contributed by atoms with Crippen molar-refractivity contribution in [3.63, 3.8) is 0 Å². The molecule has 1 aromatic rings. The van der Waals surface area contributed by atoms with Gasteiger partial charge in [0.15, 0.2) is 5.69 Å². The molecule has 6 nitrogen and oxygen atoms in total. The average Bonchev–Trinajstić information content (AvgIpc) is 2.90. The van der Waals surface area contributed by atoms with Crippen LogP contribution in [0.2, 0.25) is 0 Å². The molecule has 2 heterocycles. The topological polar surface area (TPSA) is 78.4 Å². The molecule has 3 fully saturated rings. The summed E-state index contributed by atoms with van der Waals surface area (Å²) in [4.78, 5) is 32.1. The number of hydrogen-bond donors (Lipinski definition) is 0. The second-order valence-electron chi connectivity index (χ2n) is 7.82. The Morgan fingerprint density at radius 1 is 1.38 bits per heavy atom. The maximum absolute atomic E-state index is 12.3. The van der Waals surface area contributed by atoms with E-state index in [1.165, 1.54) is 18.6 Å². The lowest BCUT2D eigenvalue weighted by Gasteiger charge is -2.51. The fourth-order valence-corrected chi connectivity index (χ4v) is 4.76. The molecule has 0 amide bonds. The van der Waals surface area contributed by atoms with Crippen LogP contribution in [0.4, 0.5) is 0 Å². The largest absolute Gasteiger partial charge is 0.458 e. The summed E-state index contributed by atoms with van der Waals surface area (Å²) in [5.41, 5.74) is 1.67. The maximum Gasteiger partial charge on any atom is 0.359 e. The summed E-state index contributed by atoms with van der Waals surface area (Å²) in [5.74, 6) is -0.556. The Morgan fingerprint density at radius 3 is 2.92 bits per heavy atom. The molecule has 1 aromatic heterocycles. The predicted octanol–water partition coefficient (Wildman–Crippen LogP) is 2.87. The van der Waals surface area contributed by atoms with Crippen molar-refractivity contribution in [2.75, 3.05) is 0 Å². The number of carbonyl (C=O) groups is 2. The first-order valence-corrected chi connectivity index (χ1v) is 8.94. The van der Waals surface area contributed by atoms with E-state index >= 15 is 0 Å². The zero-order valence-corrected chi connectivity index (χ0v) is 14.8. The van der Waals surface area contributed by atoms with Gasteiger partial charge in [0.1, 0.15) is 12.2 Å². The van der Waals surface area contributed by atoms with E-state index in [9.17, 15) is 9.59 Å². The van der Waals surface area contributed by atoms with Crippen LogP contribution in [0.3, 0.4) is 0 Å². The van der Waals surface area contributed by atoms with Gasteiger partial charge in [-0.25, -0.2) is 14.6 Å². The summed E-state index contributed by atoms with van der Waals surface area (Å²) in [6.45, 7) is 10.4. The fraction of sp³-hybridized carbons (Fsp3) is 0.500. The summed E-state index contributed by atoms with van der Waals surface area (Å²) < 4.78 is 11.2. The molecule has 1 saturated heterocycles. The van der Waals surface area contributed by atoms with Gasteiger partial charge in [-0.15, -0.1) is 0 Å². The monoisotopic (exact) mass is 354 g/mol. The van der Waals surface area contributed by atoms with Crippen LogP contribution in [0.1, 0.15) is 43.1 Å². The second-order valence-corrected chi connectivity index (χ2v) is 7.82. The van der Waals surface area contributed by atoms with E-state index in [2.05, 4.69) is 30.0 Å². The van der Waals surface area contributed by atoms with Crippen molar-refractivity contribution in [2.24, 2.45) is 17.3 Å². The Bertz CT molecular complexity index is 790. The summed E-state index contributed by atoms with van der Waals surface area (Å²) in [6, 6.07) is 0. The van der Waals surface area contributed by atoms with Gasteiger partial charge in [-0.05, 0) is 42.6 Å². The standard InChI is InChI=1S/C20H22N2O4/c1-11-13-8-14-12(2)16(25-19(24)15-10-21-6-7-22-15)4-5-20(14,3)9-17(13)26-18(11)23/h6-7,10,13-14,16-17H,1-2,4-5,8-9H2,3H3/t13-,14+,16-,17-,20-/m1/s1. The van der Waals surface area contributed by atoms with Gasteiger partial charge < -0.3 is 9.47 Å². The molecule has 1 aliphatic heterocycles. The van der Waals surface area contributed by atoms with Gasteiger partial charge in [-0.2, -0.15) is 0 Å². The number of carbonyl (C=O) groups excluding carboxylic acids is 2. The van der Waals surface area contributed by atoms with Crippen LogP contribution in [0.25, 0.3) is 0 Å². The molecule has 6 heteroatoms. The molecule has 0 N–H and O–H groups in total. The van der Waals surface area contributed by atoms with Crippen LogP contribution in [-0.2, 0) is 14.3 Å². The summed E-state index contributed by atoms with van der Waals surface area (Å²) >= 11 is 0. The van der Waals surface area contributed by atoms with E-state index in [1.807, 2.05) is 0 Å². The molecular formula is C20H22N2O4. The van der Waals surface area contributed by atoms with E-state index in [0.717, 1.165) is 24.8 Å². The molecular weight excluding hydrogens is 332 g/mol. The molecule has 0 spiro atoms. The number of rotatable bonds is 2. The molecule has 0 unspecified atom stereocenters. The third-order valence-electron chi connectivity index (χ3n) is 6.28. The van der Waals surface area contributed by atoms with Crippen LogP contribution in [0, 0.1) is 17.3 Å². The highest BCUT2D eigenvalue weighted by molar-refractivity contribution is 5.91. The Hall–Kier alpha value is -2.50. The van der Waals surface area contributed by atoms with Gasteiger partial charge in [0, 0.05) is 23.9 Å². The molecule has 0 bridgehead atoms. The summed E-state index contributed by atoms with van der Waals surface area (Å²) in [6.07, 6.45) is 7.13. The molecule has 2 saturated carbocycles. The van der Waals surface area contributed by atoms with E-state index < -0.39 is 5.97 Å². The van der Waals surface area contributed by atoms with Gasteiger partial charge in [0.25, 0.3) is 0 Å². The highest BCUT2D eigenvalue weighted by Crippen LogP contribution is 2.57. The van der Waals surface area contributed by atoms with Gasteiger partial charge in [0.05, 0.1) is 6.20 Å². The van der Waals surface area contributed by atoms with E-state index in [4.69, 9.17) is 9.47 Å². The number of ether oxygens (including phenoxy) is 2. The third-order valence-corrected chi connectivity index (χ3v) is 6.28. The van der Waals surface area contributed by atoms with Crippen molar-refractivity contribution < 1.29 is 19.1 Å². The Morgan fingerprint density at radius 2 is 2.19 bits per heavy atom. The summed E-state index contributed by atoms with van der Waals surface area (Å²) in [7, 11) is 0. The zero-order valence-electron chi connectivity index (χ0n) is 14.8. The highest BCUT2D eigenvalue weighted by Gasteiger charge is 2.54. The smallest absolute Gasteiger partial charge is 0.359 e. The molecule has 3 aliphatic rings. The van der Waals surface area contributed by atoms with E-state index in [1.54, 1.807) is 0 Å². The van der Waals surface area contributed by atoms with Gasteiger partial charge in [0.2, 0.25) is 0 Å². The first kappa shape index (κ1) is 16.9. The normalized spacial score (nSPS) is 36.1. The van der Waals surface area contributed by atoms with Crippen LogP contribution in [-0.4, -0.2) is 34.1 Å². The SMILES string of the molecule is C=C1C(=O)O[C@@H]2C[C@@]3(C)CC[C@@H](OC(=O)c4cnccn4)C(=C)[C@@H]3C[C@H]12. The number of nitrogens with zero attached hydrogens (tertiary/aromatic N) is 2. The minimum Gasteiger partial charge on any atom is -0.458 e. The Labute approximate surface area is 152 Å². The van der Waals surface area contributed by atoms with Crippen LogP contribution >= 0.6 is 0 Å².